The molecular formula is C19H15N3O2S. The molecule has 0 radical (unpaired) electrons. The molecule has 0 spiro atoms. The van der Waals surface area contributed by atoms with Gasteiger partial charge in [-0.2, -0.15) is 16.3 Å². The van der Waals surface area contributed by atoms with Crippen molar-refractivity contribution >= 4 is 11.3 Å². The first-order chi connectivity index (χ1) is 12.2. The molecule has 1 atom stereocenters. The van der Waals surface area contributed by atoms with E-state index >= 15 is 0 Å². The highest BCUT2D eigenvalue weighted by molar-refractivity contribution is 7.08. The zero-order valence-corrected chi connectivity index (χ0v) is 14.0. The second-order valence-electron chi connectivity index (χ2n) is 5.61. The number of aromatic hydroxyl groups is 1. The van der Waals surface area contributed by atoms with Crippen LogP contribution in [0.2, 0.25) is 0 Å². The molecule has 4 rings (SSSR count). The van der Waals surface area contributed by atoms with Gasteiger partial charge in [-0.15, -0.1) is 0 Å². The number of hydrogen-bond donors (Lipinski definition) is 2. The molecule has 25 heavy (non-hydrogen) atoms. The van der Waals surface area contributed by atoms with Gasteiger partial charge in [0.25, 0.3) is 0 Å². The van der Waals surface area contributed by atoms with Crippen molar-refractivity contribution in [1.82, 2.24) is 10.1 Å². The highest BCUT2D eigenvalue weighted by Crippen LogP contribution is 2.26. The summed E-state index contributed by atoms with van der Waals surface area (Å²) in [6.07, 6.45) is 0. The summed E-state index contributed by atoms with van der Waals surface area (Å²) in [5.74, 6) is 1.02. The molecule has 0 aliphatic carbocycles. The summed E-state index contributed by atoms with van der Waals surface area (Å²) >= 11 is 1.67. The number of nitrogens with two attached hydrogens (primary N) is 1. The quantitative estimate of drug-likeness (QED) is 0.576. The zero-order chi connectivity index (χ0) is 17.2. The van der Waals surface area contributed by atoms with Crippen LogP contribution in [0.4, 0.5) is 0 Å². The number of aromatic nitrogens is 2. The summed E-state index contributed by atoms with van der Waals surface area (Å²) in [6, 6.07) is 16.2. The van der Waals surface area contributed by atoms with Gasteiger partial charge in [-0.25, -0.2) is 0 Å². The van der Waals surface area contributed by atoms with Crippen LogP contribution < -0.4 is 5.73 Å². The molecule has 0 bridgehead atoms. The predicted octanol–water partition coefficient (Wildman–Crippen LogP) is 4.22. The first-order valence-corrected chi connectivity index (χ1v) is 8.66. The van der Waals surface area contributed by atoms with Crippen LogP contribution in [0, 0.1) is 0 Å². The van der Waals surface area contributed by atoms with E-state index in [9.17, 15) is 5.11 Å². The number of rotatable bonds is 4. The first kappa shape index (κ1) is 15.6. The van der Waals surface area contributed by atoms with Crippen molar-refractivity contribution < 1.29 is 9.63 Å². The molecule has 2 aromatic carbocycles. The molecule has 0 saturated carbocycles. The van der Waals surface area contributed by atoms with Crippen molar-refractivity contribution in [2.24, 2.45) is 5.73 Å². The summed E-state index contributed by atoms with van der Waals surface area (Å²) in [5.41, 5.74) is 10.2. The molecule has 0 fully saturated rings. The average Bonchev–Trinajstić information content (AvgIpc) is 3.34. The predicted molar refractivity (Wildman–Crippen MR) is 97.2 cm³/mol. The molecule has 0 unspecified atom stereocenters. The Labute approximate surface area is 148 Å². The van der Waals surface area contributed by atoms with E-state index in [1.54, 1.807) is 35.6 Å². The van der Waals surface area contributed by atoms with Gasteiger partial charge in [0, 0.05) is 5.56 Å². The number of phenols is 1. The van der Waals surface area contributed by atoms with Crippen LogP contribution in [0.1, 0.15) is 17.5 Å². The normalized spacial score (nSPS) is 12.2. The van der Waals surface area contributed by atoms with Crippen LogP contribution in [0.25, 0.3) is 22.5 Å². The Morgan fingerprint density at radius 1 is 0.920 bits per heavy atom. The third kappa shape index (κ3) is 3.17. The van der Waals surface area contributed by atoms with Crippen molar-refractivity contribution in [3.63, 3.8) is 0 Å². The molecule has 2 aromatic heterocycles. The Morgan fingerprint density at radius 3 is 2.32 bits per heavy atom. The maximum absolute atomic E-state index is 9.36. The van der Waals surface area contributed by atoms with Crippen LogP contribution in [-0.2, 0) is 0 Å². The lowest BCUT2D eigenvalue weighted by molar-refractivity contribution is 0.367. The van der Waals surface area contributed by atoms with E-state index in [-0.39, 0.29) is 5.75 Å². The standard InChI is InChI=1S/C19H15N3O2S/c20-17(13-5-7-16(23)8-6-13)19-21-18(22-24-19)14-3-1-12(2-4-14)15-9-10-25-11-15/h1-11,17,23H,20H2/t17-/m1/s1. The van der Waals surface area contributed by atoms with Crippen molar-refractivity contribution in [1.29, 1.82) is 0 Å². The Morgan fingerprint density at radius 2 is 1.64 bits per heavy atom. The number of hydrogen-bond acceptors (Lipinski definition) is 6. The van der Waals surface area contributed by atoms with Crippen LogP contribution in [0.5, 0.6) is 5.75 Å². The number of thiophene rings is 1. The highest BCUT2D eigenvalue weighted by atomic mass is 32.1. The number of nitrogens with zero attached hydrogens (tertiary/aromatic N) is 2. The van der Waals surface area contributed by atoms with Crippen LogP contribution in [0.3, 0.4) is 0 Å². The van der Waals surface area contributed by atoms with Gasteiger partial charge in [0.15, 0.2) is 0 Å². The van der Waals surface area contributed by atoms with Crippen molar-refractivity contribution in [2.45, 2.75) is 6.04 Å². The molecule has 0 amide bonds. The zero-order valence-electron chi connectivity index (χ0n) is 13.2. The molecule has 0 aliphatic heterocycles. The molecule has 3 N–H and O–H groups in total. The minimum Gasteiger partial charge on any atom is -0.508 e. The largest absolute Gasteiger partial charge is 0.508 e. The van der Waals surface area contributed by atoms with Crippen LogP contribution in [-0.4, -0.2) is 15.2 Å². The Kier molecular flexibility index (Phi) is 4.05. The van der Waals surface area contributed by atoms with E-state index in [0.717, 1.165) is 16.7 Å². The third-order valence-electron chi connectivity index (χ3n) is 3.96. The maximum atomic E-state index is 9.36. The van der Waals surface area contributed by atoms with Gasteiger partial charge in [0.05, 0.1) is 0 Å². The molecule has 6 heteroatoms. The van der Waals surface area contributed by atoms with E-state index in [1.165, 1.54) is 5.56 Å². The van der Waals surface area contributed by atoms with E-state index in [0.29, 0.717) is 11.7 Å². The number of benzene rings is 2. The Balaban J connectivity index is 1.57. The lowest BCUT2D eigenvalue weighted by atomic mass is 10.1. The fourth-order valence-electron chi connectivity index (χ4n) is 2.54. The lowest BCUT2D eigenvalue weighted by Crippen LogP contribution is -2.12. The fourth-order valence-corrected chi connectivity index (χ4v) is 3.21. The summed E-state index contributed by atoms with van der Waals surface area (Å²) in [5, 5.41) is 17.6. The molecule has 4 aromatic rings. The molecular weight excluding hydrogens is 334 g/mol. The van der Waals surface area contributed by atoms with Gasteiger partial charge in [-0.3, -0.25) is 0 Å². The van der Waals surface area contributed by atoms with Crippen LogP contribution >= 0.6 is 11.3 Å². The van der Waals surface area contributed by atoms with Gasteiger partial charge in [-0.1, -0.05) is 41.6 Å². The molecule has 124 valence electrons. The monoisotopic (exact) mass is 349 g/mol. The molecule has 5 nitrogen and oxygen atoms in total. The van der Waals surface area contributed by atoms with E-state index in [2.05, 4.69) is 27.0 Å². The van der Waals surface area contributed by atoms with E-state index in [1.807, 2.05) is 24.3 Å². The Bertz CT molecular complexity index is 961. The smallest absolute Gasteiger partial charge is 0.248 e. The summed E-state index contributed by atoms with van der Waals surface area (Å²) in [6.45, 7) is 0. The maximum Gasteiger partial charge on any atom is 0.248 e. The van der Waals surface area contributed by atoms with Gasteiger partial charge in [0.2, 0.25) is 11.7 Å². The van der Waals surface area contributed by atoms with Crippen molar-refractivity contribution in [2.75, 3.05) is 0 Å². The lowest BCUT2D eigenvalue weighted by Gasteiger charge is -2.06. The summed E-state index contributed by atoms with van der Waals surface area (Å²) in [7, 11) is 0. The van der Waals surface area contributed by atoms with Gasteiger partial charge < -0.3 is 15.4 Å². The highest BCUT2D eigenvalue weighted by Gasteiger charge is 2.17. The second kappa shape index (κ2) is 6.51. The summed E-state index contributed by atoms with van der Waals surface area (Å²) in [4.78, 5) is 4.41. The van der Waals surface area contributed by atoms with Crippen molar-refractivity contribution in [3.8, 4) is 28.3 Å². The Hall–Kier alpha value is -2.96. The summed E-state index contributed by atoms with van der Waals surface area (Å²) < 4.78 is 5.32. The van der Waals surface area contributed by atoms with E-state index < -0.39 is 6.04 Å². The minimum absolute atomic E-state index is 0.188. The molecule has 0 saturated heterocycles. The van der Waals surface area contributed by atoms with Gasteiger partial charge in [0.1, 0.15) is 11.8 Å². The SMILES string of the molecule is N[C@H](c1ccc(O)cc1)c1nc(-c2ccc(-c3ccsc3)cc2)no1. The van der Waals surface area contributed by atoms with E-state index in [4.69, 9.17) is 10.3 Å². The first-order valence-electron chi connectivity index (χ1n) is 7.72. The molecule has 2 heterocycles. The second-order valence-corrected chi connectivity index (χ2v) is 6.39. The molecule has 0 aliphatic rings. The number of phenolic OH excluding ortho intramolecular Hbond substituents is 1. The van der Waals surface area contributed by atoms with Crippen LogP contribution in [0.15, 0.2) is 69.9 Å². The van der Waals surface area contributed by atoms with Gasteiger partial charge in [-0.05, 0) is 45.6 Å². The van der Waals surface area contributed by atoms with Crippen molar-refractivity contribution in [3.05, 3.63) is 76.8 Å². The topological polar surface area (TPSA) is 85.2 Å². The fraction of sp³-hybridized carbons (Fsp3) is 0.0526. The minimum atomic E-state index is -0.535. The third-order valence-corrected chi connectivity index (χ3v) is 4.64. The van der Waals surface area contributed by atoms with Gasteiger partial charge >= 0.3 is 0 Å². The average molecular weight is 349 g/mol.